The largest absolute Gasteiger partial charge is 0.466 e. The monoisotopic (exact) mass is 958 g/mol. The van der Waals surface area contributed by atoms with Crippen LogP contribution in [0.3, 0.4) is 0 Å². The summed E-state index contributed by atoms with van der Waals surface area (Å²) in [6.07, 6.45) is 49.9. The van der Waals surface area contributed by atoms with Gasteiger partial charge in [-0.05, 0) is 89.9 Å². The Morgan fingerprint density at radius 1 is 0.544 bits per heavy atom. The first-order valence-corrected chi connectivity index (χ1v) is 27.2. The summed E-state index contributed by atoms with van der Waals surface area (Å²) in [5.74, 6) is -0.332. The maximum Gasteiger partial charge on any atom is 0.305 e. The van der Waals surface area contributed by atoms with Crippen LogP contribution in [0.4, 0.5) is 0 Å². The highest BCUT2D eigenvalue weighted by molar-refractivity contribution is 5.76. The minimum absolute atomic E-state index is 0.0563. The number of nitrogens with one attached hydrogen (secondary N) is 1. The number of ether oxygens (including phenoxy) is 3. The zero-order chi connectivity index (χ0) is 49.6. The van der Waals surface area contributed by atoms with E-state index in [-0.39, 0.29) is 24.9 Å². The molecule has 1 heterocycles. The van der Waals surface area contributed by atoms with Crippen molar-refractivity contribution >= 4 is 11.9 Å². The van der Waals surface area contributed by atoms with Crippen molar-refractivity contribution in [1.29, 1.82) is 0 Å². The number of hydrogen-bond acceptors (Lipinski definition) is 10. The molecule has 0 aliphatic carbocycles. The summed E-state index contributed by atoms with van der Waals surface area (Å²) in [6.45, 7) is 4.15. The minimum atomic E-state index is -1.60. The number of amides is 1. The lowest BCUT2D eigenvalue weighted by molar-refractivity contribution is -0.302. The predicted molar refractivity (Wildman–Crippen MR) is 278 cm³/mol. The van der Waals surface area contributed by atoms with Gasteiger partial charge in [0.05, 0.1) is 32.0 Å². The Labute approximate surface area is 413 Å². The van der Waals surface area contributed by atoms with Gasteiger partial charge in [-0.15, -0.1) is 0 Å². The van der Waals surface area contributed by atoms with Crippen molar-refractivity contribution in [2.45, 2.75) is 256 Å². The zero-order valence-electron chi connectivity index (χ0n) is 42.8. The molecular formula is C57H99NO10. The fraction of sp³-hybridized carbons (Fsp3) is 0.754. The molecule has 1 saturated heterocycles. The highest BCUT2D eigenvalue weighted by Crippen LogP contribution is 2.22. The molecule has 11 nitrogen and oxygen atoms in total. The van der Waals surface area contributed by atoms with E-state index >= 15 is 0 Å². The second kappa shape index (κ2) is 46.5. The number of unbranched alkanes of at least 4 members (excludes halogenated alkanes) is 21. The van der Waals surface area contributed by atoms with Gasteiger partial charge in [0, 0.05) is 12.8 Å². The molecule has 0 bridgehead atoms. The molecule has 0 aromatic heterocycles. The van der Waals surface area contributed by atoms with Gasteiger partial charge in [0.1, 0.15) is 24.4 Å². The topological polar surface area (TPSA) is 175 Å². The summed E-state index contributed by atoms with van der Waals surface area (Å²) in [4.78, 5) is 25.0. The Morgan fingerprint density at radius 2 is 1.03 bits per heavy atom. The molecule has 7 atom stereocenters. The fourth-order valence-corrected chi connectivity index (χ4v) is 7.87. The molecule has 0 radical (unpaired) electrons. The number of esters is 1. The maximum absolute atomic E-state index is 13.0. The van der Waals surface area contributed by atoms with E-state index in [1.807, 2.05) is 18.2 Å². The number of aliphatic hydroxyl groups is 5. The smallest absolute Gasteiger partial charge is 0.305 e. The van der Waals surface area contributed by atoms with Crippen LogP contribution < -0.4 is 5.32 Å². The minimum Gasteiger partial charge on any atom is -0.466 e. The standard InChI is InChI=1S/C57H99NO10/c1-3-5-7-9-11-13-15-17-21-25-29-33-37-41-45-53(62)66-46-42-38-34-30-26-22-18-20-24-28-32-36-40-44-52(61)58-49(48-67-57-56(65)55(64)54(63)51(47-59)68-57)50(60)43-39-35-31-27-23-19-16-14-12-10-8-6-4-2/h9,11,15,17,20,23-24,27,32,36,39,43,49-51,54-57,59-60,63-65H,3-8,10,12-14,16,18-19,21-22,25-26,28-31,33-35,37-38,40-42,44-48H2,1-2H3,(H,58,61)/b11-9-,17-15-,24-20-,27-23+,36-32-,43-39+. The summed E-state index contributed by atoms with van der Waals surface area (Å²) < 4.78 is 16.6. The predicted octanol–water partition coefficient (Wildman–Crippen LogP) is 11.7. The van der Waals surface area contributed by atoms with Crippen molar-refractivity contribution in [3.8, 4) is 0 Å². The Balaban J connectivity index is 2.23. The van der Waals surface area contributed by atoms with Crippen molar-refractivity contribution in [3.05, 3.63) is 72.9 Å². The van der Waals surface area contributed by atoms with Crippen molar-refractivity contribution in [2.24, 2.45) is 0 Å². The van der Waals surface area contributed by atoms with Gasteiger partial charge in [-0.2, -0.15) is 0 Å². The van der Waals surface area contributed by atoms with Crippen LogP contribution in [0.2, 0.25) is 0 Å². The number of rotatable bonds is 45. The molecule has 1 aliphatic rings. The molecule has 0 spiro atoms. The lowest BCUT2D eigenvalue weighted by atomic mass is 9.99. The van der Waals surface area contributed by atoms with Crippen molar-refractivity contribution in [1.82, 2.24) is 5.32 Å². The summed E-state index contributed by atoms with van der Waals surface area (Å²) in [6, 6.07) is -0.874. The Hall–Kier alpha value is -2.90. The van der Waals surface area contributed by atoms with Crippen LogP contribution >= 0.6 is 0 Å². The summed E-state index contributed by atoms with van der Waals surface area (Å²) >= 11 is 0. The van der Waals surface area contributed by atoms with Crippen LogP contribution in [0.1, 0.15) is 213 Å². The third-order valence-electron chi connectivity index (χ3n) is 12.3. The number of carbonyl (C=O) groups is 2. The normalized spacial score (nSPS) is 20.0. The molecule has 11 heteroatoms. The molecule has 68 heavy (non-hydrogen) atoms. The van der Waals surface area contributed by atoms with Crippen LogP contribution in [0.25, 0.3) is 0 Å². The van der Waals surface area contributed by atoms with E-state index in [4.69, 9.17) is 14.2 Å². The van der Waals surface area contributed by atoms with E-state index in [1.165, 1.54) is 96.3 Å². The summed E-state index contributed by atoms with van der Waals surface area (Å²) in [5, 5.41) is 54.2. The van der Waals surface area contributed by atoms with Gasteiger partial charge in [0.25, 0.3) is 0 Å². The molecule has 6 N–H and O–H groups in total. The summed E-state index contributed by atoms with van der Waals surface area (Å²) in [5.41, 5.74) is 0. The molecule has 1 amide bonds. The van der Waals surface area contributed by atoms with Crippen molar-refractivity contribution in [2.75, 3.05) is 19.8 Å². The average molecular weight is 958 g/mol. The van der Waals surface area contributed by atoms with Crippen LogP contribution in [-0.4, -0.2) is 100 Å². The number of allylic oxidation sites excluding steroid dienone is 11. The molecule has 0 saturated carbocycles. The third-order valence-corrected chi connectivity index (χ3v) is 12.3. The van der Waals surface area contributed by atoms with Gasteiger partial charge in [-0.1, -0.05) is 183 Å². The molecular weight excluding hydrogens is 859 g/mol. The Morgan fingerprint density at radius 3 is 1.62 bits per heavy atom. The second-order valence-corrected chi connectivity index (χ2v) is 18.6. The van der Waals surface area contributed by atoms with Gasteiger partial charge in [-0.25, -0.2) is 0 Å². The van der Waals surface area contributed by atoms with E-state index in [1.54, 1.807) is 6.08 Å². The lowest BCUT2D eigenvalue weighted by Gasteiger charge is -2.40. The molecule has 392 valence electrons. The quantitative estimate of drug-likeness (QED) is 0.0196. The lowest BCUT2D eigenvalue weighted by Crippen LogP contribution is -2.60. The Kier molecular flexibility index (Phi) is 43.1. The summed E-state index contributed by atoms with van der Waals surface area (Å²) in [7, 11) is 0. The first-order valence-electron chi connectivity index (χ1n) is 27.2. The first-order chi connectivity index (χ1) is 33.2. The molecule has 1 fully saturated rings. The third kappa shape index (κ3) is 36.1. The zero-order valence-corrected chi connectivity index (χ0v) is 42.8. The molecule has 1 rings (SSSR count). The number of hydrogen-bond donors (Lipinski definition) is 6. The number of aliphatic hydroxyl groups excluding tert-OH is 5. The van der Waals surface area contributed by atoms with E-state index in [0.717, 1.165) is 83.5 Å². The van der Waals surface area contributed by atoms with E-state index in [0.29, 0.717) is 19.4 Å². The average Bonchev–Trinajstić information content (AvgIpc) is 3.33. The molecule has 0 aromatic rings. The highest BCUT2D eigenvalue weighted by atomic mass is 16.7. The maximum atomic E-state index is 13.0. The van der Waals surface area contributed by atoms with Crippen LogP contribution in [0.15, 0.2) is 72.9 Å². The van der Waals surface area contributed by atoms with Crippen LogP contribution in [0.5, 0.6) is 0 Å². The molecule has 1 aliphatic heterocycles. The molecule has 7 unspecified atom stereocenters. The van der Waals surface area contributed by atoms with Gasteiger partial charge in [0.2, 0.25) is 5.91 Å². The van der Waals surface area contributed by atoms with E-state index in [2.05, 4.69) is 67.8 Å². The fourth-order valence-electron chi connectivity index (χ4n) is 7.87. The van der Waals surface area contributed by atoms with Gasteiger partial charge < -0.3 is 45.1 Å². The van der Waals surface area contributed by atoms with E-state index in [9.17, 15) is 35.1 Å². The number of carbonyl (C=O) groups excluding carboxylic acids is 2. The van der Waals surface area contributed by atoms with E-state index < -0.39 is 49.5 Å². The highest BCUT2D eigenvalue weighted by Gasteiger charge is 2.44. The Bertz CT molecular complexity index is 1360. The van der Waals surface area contributed by atoms with Crippen LogP contribution in [-0.2, 0) is 23.8 Å². The first kappa shape index (κ1) is 63.1. The van der Waals surface area contributed by atoms with Gasteiger partial charge in [-0.3, -0.25) is 9.59 Å². The van der Waals surface area contributed by atoms with Crippen molar-refractivity contribution < 1.29 is 49.3 Å². The van der Waals surface area contributed by atoms with Gasteiger partial charge in [0.15, 0.2) is 6.29 Å². The van der Waals surface area contributed by atoms with Crippen molar-refractivity contribution in [3.63, 3.8) is 0 Å². The second-order valence-electron chi connectivity index (χ2n) is 18.6. The molecule has 0 aromatic carbocycles. The van der Waals surface area contributed by atoms with Gasteiger partial charge >= 0.3 is 5.97 Å². The SMILES string of the molecule is CCCC/C=C\C/C=C\CCCCCCCC(=O)OCCCCCCCC/C=C\C/C=C\CCC(=O)NC(COC1OC(CO)C(O)C(O)C1O)C(O)/C=C/CC/C=C/CCCCCCCCC. The van der Waals surface area contributed by atoms with Crippen LogP contribution in [0, 0.1) is 0 Å².